The predicted octanol–water partition coefficient (Wildman–Crippen LogP) is 2.04. The van der Waals surface area contributed by atoms with Crippen molar-refractivity contribution < 1.29 is 14.0 Å². The van der Waals surface area contributed by atoms with E-state index in [1.807, 2.05) is 13.8 Å². The molecule has 0 spiro atoms. The number of aromatic nitrogens is 2. The molecule has 1 aromatic rings. The second kappa shape index (κ2) is 7.87. The average Bonchev–Trinajstić information content (AvgIpc) is 2.98. The Hall–Kier alpha value is -0.980. The first-order valence-electron chi connectivity index (χ1n) is 7.97. The topological polar surface area (TPSA) is 69.4 Å². The summed E-state index contributed by atoms with van der Waals surface area (Å²) in [6.45, 7) is 9.37. The van der Waals surface area contributed by atoms with Gasteiger partial charge in [0.25, 0.3) is 0 Å². The van der Waals surface area contributed by atoms with Crippen LogP contribution in [0.3, 0.4) is 0 Å². The molecule has 1 fully saturated rings. The number of nitrogens with one attached hydrogen (secondary N) is 1. The number of hydrogen-bond donors (Lipinski definition) is 1. The fourth-order valence-corrected chi connectivity index (χ4v) is 2.49. The van der Waals surface area contributed by atoms with Crippen molar-refractivity contribution in [2.24, 2.45) is 0 Å². The molecule has 0 amide bonds. The van der Waals surface area contributed by atoms with Crippen molar-refractivity contribution >= 4 is 0 Å². The third-order valence-corrected chi connectivity index (χ3v) is 4.03. The molecule has 6 nitrogen and oxygen atoms in total. The van der Waals surface area contributed by atoms with Gasteiger partial charge in [-0.25, -0.2) is 0 Å². The zero-order valence-corrected chi connectivity index (χ0v) is 13.4. The molecule has 1 aliphatic heterocycles. The Kier molecular flexibility index (Phi) is 6.14. The van der Waals surface area contributed by atoms with Crippen LogP contribution in [0.4, 0.5) is 0 Å². The molecular formula is C15H27N3O3. The van der Waals surface area contributed by atoms with Gasteiger partial charge in [0.15, 0.2) is 0 Å². The summed E-state index contributed by atoms with van der Waals surface area (Å²) in [5, 5.41) is 7.39. The van der Waals surface area contributed by atoms with Gasteiger partial charge in [-0.1, -0.05) is 12.1 Å². The second-order valence-corrected chi connectivity index (χ2v) is 5.60. The molecule has 0 aliphatic carbocycles. The molecule has 0 aromatic carbocycles. The molecule has 1 N–H and O–H groups in total. The molecule has 0 bridgehead atoms. The van der Waals surface area contributed by atoms with Gasteiger partial charge in [-0.15, -0.1) is 0 Å². The Balaban J connectivity index is 1.82. The average molecular weight is 297 g/mol. The summed E-state index contributed by atoms with van der Waals surface area (Å²) >= 11 is 0. The predicted molar refractivity (Wildman–Crippen MR) is 79.1 cm³/mol. The van der Waals surface area contributed by atoms with E-state index < -0.39 is 5.60 Å². The molecule has 6 heteroatoms. The number of rotatable bonds is 8. The van der Waals surface area contributed by atoms with E-state index in [9.17, 15) is 0 Å². The van der Waals surface area contributed by atoms with E-state index in [1.165, 1.54) is 0 Å². The first-order valence-corrected chi connectivity index (χ1v) is 7.97. The van der Waals surface area contributed by atoms with Crippen molar-refractivity contribution in [2.75, 3.05) is 26.3 Å². The summed E-state index contributed by atoms with van der Waals surface area (Å²) in [4.78, 5) is 4.46. The van der Waals surface area contributed by atoms with Crippen LogP contribution < -0.4 is 5.32 Å². The first-order chi connectivity index (χ1) is 10.2. The normalized spacial score (nSPS) is 19.6. The van der Waals surface area contributed by atoms with Crippen molar-refractivity contribution in [3.8, 4) is 0 Å². The summed E-state index contributed by atoms with van der Waals surface area (Å²) in [5.74, 6) is 1.25. The molecule has 1 aromatic heterocycles. The number of ether oxygens (including phenoxy) is 2. The van der Waals surface area contributed by atoms with E-state index in [4.69, 9.17) is 14.0 Å². The van der Waals surface area contributed by atoms with Gasteiger partial charge >= 0.3 is 0 Å². The summed E-state index contributed by atoms with van der Waals surface area (Å²) < 4.78 is 16.9. The monoisotopic (exact) mass is 297 g/mol. The molecule has 1 saturated heterocycles. The minimum atomic E-state index is -0.466. The molecule has 1 unspecified atom stereocenters. The Labute approximate surface area is 126 Å². The highest BCUT2D eigenvalue weighted by atomic mass is 16.5. The Morgan fingerprint density at radius 1 is 1.33 bits per heavy atom. The zero-order valence-electron chi connectivity index (χ0n) is 13.4. The molecule has 120 valence electrons. The van der Waals surface area contributed by atoms with Crippen molar-refractivity contribution in [3.63, 3.8) is 0 Å². The molecule has 0 saturated carbocycles. The van der Waals surface area contributed by atoms with Gasteiger partial charge in [0.1, 0.15) is 5.60 Å². The maximum Gasteiger partial charge on any atom is 0.229 e. The van der Waals surface area contributed by atoms with Crippen LogP contribution in [0, 0.1) is 0 Å². The number of piperidine rings is 1. The SMILES string of the molecule is CCOC(C)(CC)c1noc(CCOC2CCNCC2)n1. The third-order valence-electron chi connectivity index (χ3n) is 4.03. The van der Waals surface area contributed by atoms with Gasteiger partial charge in [-0.3, -0.25) is 0 Å². The largest absolute Gasteiger partial charge is 0.378 e. The second-order valence-electron chi connectivity index (χ2n) is 5.60. The lowest BCUT2D eigenvalue weighted by Gasteiger charge is -2.23. The Morgan fingerprint density at radius 2 is 2.10 bits per heavy atom. The molecule has 1 aliphatic rings. The van der Waals surface area contributed by atoms with Crippen LogP contribution in [0.5, 0.6) is 0 Å². The van der Waals surface area contributed by atoms with Gasteiger partial charge in [0.05, 0.1) is 19.1 Å². The molecule has 2 rings (SSSR count). The quantitative estimate of drug-likeness (QED) is 0.792. The smallest absolute Gasteiger partial charge is 0.229 e. The summed E-state index contributed by atoms with van der Waals surface area (Å²) in [7, 11) is 0. The molecular weight excluding hydrogens is 270 g/mol. The molecule has 0 radical (unpaired) electrons. The number of hydrogen-bond acceptors (Lipinski definition) is 6. The van der Waals surface area contributed by atoms with Gasteiger partial charge < -0.3 is 19.3 Å². The lowest BCUT2D eigenvalue weighted by Crippen LogP contribution is -2.32. The van der Waals surface area contributed by atoms with Crippen LogP contribution in [0.25, 0.3) is 0 Å². The molecule has 21 heavy (non-hydrogen) atoms. The lowest BCUT2D eigenvalue weighted by molar-refractivity contribution is -0.0403. The Morgan fingerprint density at radius 3 is 2.76 bits per heavy atom. The maximum atomic E-state index is 5.86. The van der Waals surface area contributed by atoms with E-state index in [0.717, 1.165) is 32.4 Å². The van der Waals surface area contributed by atoms with Crippen molar-refractivity contribution in [3.05, 3.63) is 11.7 Å². The van der Waals surface area contributed by atoms with E-state index in [0.29, 0.717) is 37.5 Å². The fraction of sp³-hybridized carbons (Fsp3) is 0.867. The van der Waals surface area contributed by atoms with Gasteiger partial charge in [-0.05, 0) is 46.2 Å². The summed E-state index contributed by atoms with van der Waals surface area (Å²) in [6, 6.07) is 0. The van der Waals surface area contributed by atoms with Gasteiger partial charge in [0.2, 0.25) is 11.7 Å². The van der Waals surface area contributed by atoms with Crippen LogP contribution in [0.2, 0.25) is 0 Å². The highest BCUT2D eigenvalue weighted by molar-refractivity contribution is 4.99. The van der Waals surface area contributed by atoms with Crippen LogP contribution >= 0.6 is 0 Å². The minimum absolute atomic E-state index is 0.359. The third kappa shape index (κ3) is 4.49. The van der Waals surface area contributed by atoms with E-state index in [1.54, 1.807) is 0 Å². The van der Waals surface area contributed by atoms with Gasteiger partial charge in [0, 0.05) is 6.61 Å². The first kappa shape index (κ1) is 16.4. The maximum absolute atomic E-state index is 5.86. The lowest BCUT2D eigenvalue weighted by atomic mass is 10.0. The highest BCUT2D eigenvalue weighted by Gasteiger charge is 2.30. The van der Waals surface area contributed by atoms with Gasteiger partial charge in [-0.2, -0.15) is 4.98 Å². The standard InChI is InChI=1S/C15H27N3O3/c1-4-15(3,20-5-2)14-17-13(21-18-14)8-11-19-12-6-9-16-10-7-12/h12,16H,4-11H2,1-3H3. The van der Waals surface area contributed by atoms with E-state index in [2.05, 4.69) is 22.4 Å². The van der Waals surface area contributed by atoms with E-state index >= 15 is 0 Å². The fourth-order valence-electron chi connectivity index (χ4n) is 2.49. The summed E-state index contributed by atoms with van der Waals surface area (Å²) in [6.07, 6.45) is 3.98. The van der Waals surface area contributed by atoms with Crippen molar-refractivity contribution in [1.29, 1.82) is 0 Å². The van der Waals surface area contributed by atoms with Crippen LogP contribution in [0.1, 0.15) is 51.7 Å². The van der Waals surface area contributed by atoms with Crippen LogP contribution in [0.15, 0.2) is 4.52 Å². The molecule has 2 heterocycles. The van der Waals surface area contributed by atoms with Crippen LogP contribution in [-0.2, 0) is 21.5 Å². The van der Waals surface area contributed by atoms with Crippen LogP contribution in [-0.4, -0.2) is 42.5 Å². The molecule has 1 atom stereocenters. The van der Waals surface area contributed by atoms with Crippen molar-refractivity contribution in [1.82, 2.24) is 15.5 Å². The minimum Gasteiger partial charge on any atom is -0.378 e. The highest BCUT2D eigenvalue weighted by Crippen LogP contribution is 2.26. The number of nitrogens with zero attached hydrogens (tertiary/aromatic N) is 2. The zero-order chi connectivity index (χ0) is 15.1. The summed E-state index contributed by atoms with van der Waals surface area (Å²) in [5.41, 5.74) is -0.466. The van der Waals surface area contributed by atoms with E-state index in [-0.39, 0.29) is 0 Å². The van der Waals surface area contributed by atoms with Crippen molar-refractivity contribution in [2.45, 2.75) is 58.2 Å². The Bertz CT molecular complexity index is 418.